The molecule has 3 aromatic rings. The van der Waals surface area contributed by atoms with Crippen LogP contribution in [0.3, 0.4) is 0 Å². The van der Waals surface area contributed by atoms with Crippen LogP contribution in [0.4, 0.5) is 5.00 Å². The fraction of sp³-hybridized carbons (Fsp3) is 0.250. The summed E-state index contributed by atoms with van der Waals surface area (Å²) in [6, 6.07) is 11.0. The van der Waals surface area contributed by atoms with Crippen molar-refractivity contribution < 1.29 is 18.8 Å². The first-order valence-electron chi connectivity index (χ1n) is 8.79. The number of hydrogen-bond acceptors (Lipinski definition) is 6. The molecule has 6 nitrogen and oxygen atoms in total. The van der Waals surface area contributed by atoms with Crippen LogP contribution in [-0.4, -0.2) is 23.6 Å². The summed E-state index contributed by atoms with van der Waals surface area (Å²) in [5.74, 6) is -0.385. The first-order valence-corrected chi connectivity index (χ1v) is 9.67. The highest BCUT2D eigenvalue weighted by Crippen LogP contribution is 2.46. The number of rotatable bonds is 6. The fourth-order valence-corrected chi connectivity index (χ4v) is 3.89. The number of anilines is 1. The van der Waals surface area contributed by atoms with Crippen LogP contribution >= 0.6 is 11.3 Å². The number of nitrogens with one attached hydrogen (secondary N) is 1. The number of benzene rings is 1. The molecule has 7 heteroatoms. The highest BCUT2D eigenvalue weighted by Gasteiger charge is 2.32. The van der Waals surface area contributed by atoms with Crippen molar-refractivity contribution in [1.82, 2.24) is 5.16 Å². The Morgan fingerprint density at radius 2 is 2.07 bits per heavy atom. The van der Waals surface area contributed by atoms with E-state index in [2.05, 4.69) is 10.5 Å². The standard InChI is InChI=1S/C20H18N2O4S/c1-2-25-20(24)17-14(12-8-9-12)11-27-19(17)21-18(23)16-10-15(22-26-16)13-6-4-3-5-7-13/h3-7,10-12H,2,8-9H2,1H3,(H,21,23). The maximum absolute atomic E-state index is 12.6. The summed E-state index contributed by atoms with van der Waals surface area (Å²) in [6.45, 7) is 2.05. The summed E-state index contributed by atoms with van der Waals surface area (Å²) >= 11 is 1.33. The molecule has 0 aliphatic heterocycles. The van der Waals surface area contributed by atoms with Crippen LogP contribution in [0.1, 0.15) is 52.2 Å². The lowest BCUT2D eigenvalue weighted by molar-refractivity contribution is 0.0527. The fourth-order valence-electron chi connectivity index (χ4n) is 2.86. The van der Waals surface area contributed by atoms with E-state index in [-0.39, 0.29) is 12.4 Å². The number of nitrogens with zero attached hydrogens (tertiary/aromatic N) is 1. The minimum atomic E-state index is -0.445. The van der Waals surface area contributed by atoms with E-state index in [9.17, 15) is 9.59 Å². The molecule has 1 fully saturated rings. The average molecular weight is 382 g/mol. The lowest BCUT2D eigenvalue weighted by Gasteiger charge is -2.07. The molecule has 2 aromatic heterocycles. The molecule has 1 aliphatic rings. The molecule has 138 valence electrons. The summed E-state index contributed by atoms with van der Waals surface area (Å²) < 4.78 is 10.4. The molecule has 1 N–H and O–H groups in total. The first kappa shape index (κ1) is 17.5. The lowest BCUT2D eigenvalue weighted by atomic mass is 10.1. The van der Waals surface area contributed by atoms with E-state index >= 15 is 0 Å². The highest BCUT2D eigenvalue weighted by atomic mass is 32.1. The number of esters is 1. The van der Waals surface area contributed by atoms with Crippen molar-refractivity contribution in [2.75, 3.05) is 11.9 Å². The highest BCUT2D eigenvalue weighted by molar-refractivity contribution is 7.15. The van der Waals surface area contributed by atoms with Crippen LogP contribution in [0.2, 0.25) is 0 Å². The quantitative estimate of drug-likeness (QED) is 0.625. The van der Waals surface area contributed by atoms with Gasteiger partial charge in [-0.15, -0.1) is 11.3 Å². The van der Waals surface area contributed by atoms with Gasteiger partial charge in [0.25, 0.3) is 5.91 Å². The molecule has 0 spiro atoms. The molecule has 1 aromatic carbocycles. The van der Waals surface area contributed by atoms with Crippen LogP contribution < -0.4 is 5.32 Å². The van der Waals surface area contributed by atoms with E-state index in [1.807, 2.05) is 35.7 Å². The normalized spacial score (nSPS) is 13.4. The minimum absolute atomic E-state index is 0.0880. The Morgan fingerprint density at radius 3 is 2.78 bits per heavy atom. The molecule has 27 heavy (non-hydrogen) atoms. The number of amides is 1. The van der Waals surface area contributed by atoms with Gasteiger partial charge < -0.3 is 14.6 Å². The Bertz CT molecular complexity index is 973. The topological polar surface area (TPSA) is 81.4 Å². The number of thiophene rings is 1. The zero-order chi connectivity index (χ0) is 18.8. The van der Waals surface area contributed by atoms with Gasteiger partial charge in [0.2, 0.25) is 5.76 Å². The molecule has 0 unspecified atom stereocenters. The SMILES string of the molecule is CCOC(=O)c1c(C2CC2)csc1NC(=O)c1cc(-c2ccccc2)no1. The average Bonchev–Trinajstić information content (AvgIpc) is 3.25. The van der Waals surface area contributed by atoms with Gasteiger partial charge in [0.15, 0.2) is 0 Å². The van der Waals surface area contributed by atoms with Gasteiger partial charge in [0, 0.05) is 11.6 Å². The Kier molecular flexibility index (Phi) is 4.77. The maximum Gasteiger partial charge on any atom is 0.341 e. The van der Waals surface area contributed by atoms with Crippen LogP contribution in [0.25, 0.3) is 11.3 Å². The van der Waals surface area contributed by atoms with Crippen LogP contribution in [0.5, 0.6) is 0 Å². The molecular weight excluding hydrogens is 364 g/mol. The summed E-state index contributed by atoms with van der Waals surface area (Å²) in [7, 11) is 0. The van der Waals surface area contributed by atoms with E-state index < -0.39 is 11.9 Å². The third kappa shape index (κ3) is 3.64. The zero-order valence-electron chi connectivity index (χ0n) is 14.7. The Morgan fingerprint density at radius 1 is 1.30 bits per heavy atom. The smallest absolute Gasteiger partial charge is 0.341 e. The van der Waals surface area contributed by atoms with Gasteiger partial charge in [-0.05, 0) is 36.6 Å². The number of ether oxygens (including phenoxy) is 1. The number of aromatic nitrogens is 1. The van der Waals surface area contributed by atoms with E-state index in [4.69, 9.17) is 9.26 Å². The van der Waals surface area contributed by atoms with Crippen molar-refractivity contribution in [3.63, 3.8) is 0 Å². The van der Waals surface area contributed by atoms with Gasteiger partial charge in [-0.1, -0.05) is 35.5 Å². The van der Waals surface area contributed by atoms with Crippen LogP contribution in [0, 0.1) is 0 Å². The molecule has 1 saturated carbocycles. The number of carbonyl (C=O) groups is 2. The van der Waals surface area contributed by atoms with Crippen LogP contribution in [-0.2, 0) is 4.74 Å². The summed E-state index contributed by atoms with van der Waals surface area (Å²) in [5, 5.41) is 9.14. The third-order valence-corrected chi connectivity index (χ3v) is 5.26. The van der Waals surface area contributed by atoms with Crippen molar-refractivity contribution in [1.29, 1.82) is 0 Å². The molecule has 1 aliphatic carbocycles. The number of carbonyl (C=O) groups excluding carboxylic acids is 2. The summed E-state index contributed by atoms with van der Waals surface area (Å²) in [5.41, 5.74) is 2.85. The van der Waals surface area contributed by atoms with E-state index in [0.29, 0.717) is 22.2 Å². The lowest BCUT2D eigenvalue weighted by Crippen LogP contribution is -2.14. The Labute approximate surface area is 160 Å². The van der Waals surface area contributed by atoms with Gasteiger partial charge in [-0.2, -0.15) is 0 Å². The Hall–Kier alpha value is -2.93. The molecule has 1 amide bonds. The van der Waals surface area contributed by atoms with Crippen molar-refractivity contribution in [3.05, 3.63) is 58.7 Å². The monoisotopic (exact) mass is 382 g/mol. The van der Waals surface area contributed by atoms with E-state index in [1.165, 1.54) is 11.3 Å². The molecule has 0 radical (unpaired) electrons. The molecule has 0 atom stereocenters. The van der Waals surface area contributed by atoms with Gasteiger partial charge >= 0.3 is 5.97 Å². The largest absolute Gasteiger partial charge is 0.462 e. The Balaban J connectivity index is 1.57. The summed E-state index contributed by atoms with van der Waals surface area (Å²) in [6.07, 6.45) is 2.11. The molecular formula is C20H18N2O4S. The van der Waals surface area contributed by atoms with Gasteiger partial charge in [0.1, 0.15) is 10.7 Å². The predicted molar refractivity (Wildman–Crippen MR) is 102 cm³/mol. The molecule has 4 rings (SSSR count). The second kappa shape index (κ2) is 7.36. The van der Waals surface area contributed by atoms with Gasteiger partial charge in [0.05, 0.1) is 12.2 Å². The van der Waals surface area contributed by atoms with Crippen molar-refractivity contribution in [2.24, 2.45) is 0 Å². The second-order valence-electron chi connectivity index (χ2n) is 6.29. The van der Waals surface area contributed by atoms with Crippen molar-refractivity contribution in [2.45, 2.75) is 25.7 Å². The minimum Gasteiger partial charge on any atom is -0.462 e. The zero-order valence-corrected chi connectivity index (χ0v) is 15.5. The maximum atomic E-state index is 12.6. The van der Waals surface area contributed by atoms with E-state index in [0.717, 1.165) is 24.0 Å². The van der Waals surface area contributed by atoms with Gasteiger partial charge in [-0.25, -0.2) is 4.79 Å². The molecule has 0 bridgehead atoms. The molecule has 2 heterocycles. The third-order valence-electron chi connectivity index (χ3n) is 4.35. The number of hydrogen-bond donors (Lipinski definition) is 1. The van der Waals surface area contributed by atoms with Crippen molar-refractivity contribution >= 4 is 28.2 Å². The predicted octanol–water partition coefficient (Wildman–Crippen LogP) is 4.71. The van der Waals surface area contributed by atoms with Crippen LogP contribution in [0.15, 0.2) is 46.3 Å². The van der Waals surface area contributed by atoms with Gasteiger partial charge in [-0.3, -0.25) is 4.79 Å². The van der Waals surface area contributed by atoms with Crippen molar-refractivity contribution in [3.8, 4) is 11.3 Å². The second-order valence-corrected chi connectivity index (χ2v) is 7.17. The molecule has 0 saturated heterocycles. The first-order chi connectivity index (χ1) is 13.2. The summed E-state index contributed by atoms with van der Waals surface area (Å²) in [4.78, 5) is 25.0. The van der Waals surface area contributed by atoms with E-state index in [1.54, 1.807) is 13.0 Å².